The highest BCUT2D eigenvalue weighted by Crippen LogP contribution is 2.22. The first kappa shape index (κ1) is 10.2. The molecular weight excluding hydrogens is 184 g/mol. The maximum atomic E-state index is 5.54. The molecule has 0 aliphatic carbocycles. The summed E-state index contributed by atoms with van der Waals surface area (Å²) >= 11 is 0. The van der Waals surface area contributed by atoms with Gasteiger partial charge in [-0.2, -0.15) is 0 Å². The Morgan fingerprint density at radius 1 is 1.27 bits per heavy atom. The van der Waals surface area contributed by atoms with Crippen molar-refractivity contribution < 1.29 is 0 Å². The Labute approximate surface area is 90.5 Å². The maximum Gasteiger partial charge on any atom is 0.0489 e. The lowest BCUT2D eigenvalue weighted by atomic mass is 10.0. The van der Waals surface area contributed by atoms with Crippen LogP contribution in [0.3, 0.4) is 0 Å². The monoisotopic (exact) mass is 202 g/mol. The lowest BCUT2D eigenvalue weighted by Gasteiger charge is -2.02. The summed E-state index contributed by atoms with van der Waals surface area (Å²) in [5, 5.41) is 1.37. The van der Waals surface area contributed by atoms with E-state index in [2.05, 4.69) is 36.3 Å². The Balaban J connectivity index is 2.42. The number of aromatic nitrogens is 1. The second-order valence-corrected chi connectivity index (χ2v) is 3.90. The average Bonchev–Trinajstić information content (AvgIpc) is 2.69. The number of benzene rings is 1. The number of hydrogen-bond acceptors (Lipinski definition) is 1. The van der Waals surface area contributed by atoms with Crippen molar-refractivity contribution in [2.24, 2.45) is 5.73 Å². The molecule has 0 fully saturated rings. The number of fused-ring (bicyclic) bond motifs is 1. The van der Waals surface area contributed by atoms with Crippen LogP contribution in [0.15, 0.2) is 24.4 Å². The summed E-state index contributed by atoms with van der Waals surface area (Å²) in [5.74, 6) is 0. The molecule has 1 heterocycles. The molecule has 15 heavy (non-hydrogen) atoms. The molecule has 0 amide bonds. The van der Waals surface area contributed by atoms with Crippen LogP contribution < -0.4 is 5.73 Å². The second-order valence-electron chi connectivity index (χ2n) is 3.90. The minimum absolute atomic E-state index is 0.762. The lowest BCUT2D eigenvalue weighted by Crippen LogP contribution is -2.00. The van der Waals surface area contributed by atoms with Crippen molar-refractivity contribution in [1.29, 1.82) is 0 Å². The number of aryl methyl sites for hydroxylation is 2. The van der Waals surface area contributed by atoms with Crippen LogP contribution in [-0.4, -0.2) is 11.5 Å². The molecule has 1 aromatic carbocycles. The average molecular weight is 202 g/mol. The Bertz CT molecular complexity index is 443. The fourth-order valence-corrected chi connectivity index (χ4v) is 2.07. The van der Waals surface area contributed by atoms with Gasteiger partial charge in [0, 0.05) is 17.1 Å². The highest BCUT2D eigenvalue weighted by molar-refractivity contribution is 5.86. The molecule has 2 rings (SSSR count). The van der Waals surface area contributed by atoms with E-state index in [-0.39, 0.29) is 0 Å². The van der Waals surface area contributed by atoms with E-state index in [0.717, 1.165) is 25.8 Å². The second kappa shape index (κ2) is 4.49. The van der Waals surface area contributed by atoms with Crippen LogP contribution >= 0.6 is 0 Å². The number of H-pyrrole nitrogens is 1. The topological polar surface area (TPSA) is 41.8 Å². The van der Waals surface area contributed by atoms with Gasteiger partial charge >= 0.3 is 0 Å². The molecule has 0 aliphatic heterocycles. The van der Waals surface area contributed by atoms with E-state index in [1.54, 1.807) is 0 Å². The van der Waals surface area contributed by atoms with E-state index in [1.807, 2.05) is 0 Å². The third kappa shape index (κ3) is 1.90. The first-order valence-corrected chi connectivity index (χ1v) is 5.64. The van der Waals surface area contributed by atoms with Crippen molar-refractivity contribution in [3.05, 3.63) is 35.5 Å². The number of aromatic amines is 1. The zero-order valence-corrected chi connectivity index (χ0v) is 9.22. The van der Waals surface area contributed by atoms with Crippen LogP contribution in [0.2, 0.25) is 0 Å². The molecule has 0 saturated carbocycles. The minimum Gasteiger partial charge on any atom is -0.361 e. The molecule has 0 atom stereocenters. The molecule has 1 aromatic heterocycles. The summed E-state index contributed by atoms with van der Waals surface area (Å²) < 4.78 is 0. The third-order valence-electron chi connectivity index (χ3n) is 2.92. The molecule has 80 valence electrons. The van der Waals surface area contributed by atoms with Crippen molar-refractivity contribution in [2.45, 2.75) is 26.2 Å². The van der Waals surface area contributed by atoms with Crippen molar-refractivity contribution in [3.8, 4) is 0 Å². The first-order valence-electron chi connectivity index (χ1n) is 5.64. The lowest BCUT2D eigenvalue weighted by molar-refractivity contribution is 0.836. The molecule has 0 aliphatic rings. The molecule has 3 N–H and O–H groups in total. The maximum absolute atomic E-state index is 5.54. The molecular formula is C13H18N2. The van der Waals surface area contributed by atoms with Crippen LogP contribution in [0.5, 0.6) is 0 Å². The Morgan fingerprint density at radius 3 is 2.87 bits per heavy atom. The zero-order chi connectivity index (χ0) is 10.7. The van der Waals surface area contributed by atoms with E-state index in [9.17, 15) is 0 Å². The van der Waals surface area contributed by atoms with Gasteiger partial charge in [0.25, 0.3) is 0 Å². The van der Waals surface area contributed by atoms with Gasteiger partial charge in [0.15, 0.2) is 0 Å². The van der Waals surface area contributed by atoms with Crippen LogP contribution in [0.1, 0.15) is 24.5 Å². The summed E-state index contributed by atoms with van der Waals surface area (Å²) in [6, 6.07) is 6.52. The molecule has 2 nitrogen and oxygen atoms in total. The van der Waals surface area contributed by atoms with Gasteiger partial charge in [0.05, 0.1) is 0 Å². The number of nitrogens with two attached hydrogens (primary N) is 1. The highest BCUT2D eigenvalue weighted by Gasteiger charge is 2.05. The molecule has 2 aromatic rings. The van der Waals surface area contributed by atoms with E-state index < -0.39 is 0 Å². The van der Waals surface area contributed by atoms with E-state index >= 15 is 0 Å². The first-order chi connectivity index (χ1) is 7.36. The van der Waals surface area contributed by atoms with Crippen LogP contribution in [0.4, 0.5) is 0 Å². The van der Waals surface area contributed by atoms with E-state index in [4.69, 9.17) is 5.73 Å². The third-order valence-corrected chi connectivity index (χ3v) is 2.92. The van der Waals surface area contributed by atoms with Gasteiger partial charge in [-0.15, -0.1) is 0 Å². The van der Waals surface area contributed by atoms with Crippen molar-refractivity contribution >= 4 is 10.9 Å². The molecule has 0 spiro atoms. The molecule has 0 radical (unpaired) electrons. The molecule has 0 saturated heterocycles. The zero-order valence-electron chi connectivity index (χ0n) is 9.22. The summed E-state index contributed by atoms with van der Waals surface area (Å²) in [6.45, 7) is 2.95. The number of nitrogens with one attached hydrogen (secondary N) is 1. The van der Waals surface area contributed by atoms with Gasteiger partial charge in [-0.25, -0.2) is 0 Å². The largest absolute Gasteiger partial charge is 0.361 e. The summed E-state index contributed by atoms with van der Waals surface area (Å²) in [7, 11) is 0. The van der Waals surface area contributed by atoms with E-state index in [1.165, 1.54) is 22.0 Å². The number of hydrogen-bond donors (Lipinski definition) is 2. The van der Waals surface area contributed by atoms with Gasteiger partial charge in [-0.05, 0) is 36.9 Å². The fraction of sp³-hybridized carbons (Fsp3) is 0.385. The van der Waals surface area contributed by atoms with Gasteiger partial charge in [-0.3, -0.25) is 0 Å². The summed E-state index contributed by atoms with van der Waals surface area (Å²) in [5.41, 5.74) is 9.62. The van der Waals surface area contributed by atoms with Crippen LogP contribution in [-0.2, 0) is 12.8 Å². The Kier molecular flexibility index (Phi) is 3.07. The Morgan fingerprint density at radius 2 is 2.13 bits per heavy atom. The van der Waals surface area contributed by atoms with E-state index in [0.29, 0.717) is 0 Å². The standard InChI is InChI=1S/C13H18N2/c1-2-10-9-15-13-11(6-4-8-14)5-3-7-12(10)13/h3,5,7,9,15H,2,4,6,8,14H2,1H3. The predicted octanol–water partition coefficient (Wildman–Crippen LogP) is 2.62. The van der Waals surface area contributed by atoms with Crippen LogP contribution in [0, 0.1) is 0 Å². The number of rotatable bonds is 4. The quantitative estimate of drug-likeness (QED) is 0.786. The Hall–Kier alpha value is -1.28. The SMILES string of the molecule is CCc1c[nH]c2c(CCCN)cccc12. The minimum atomic E-state index is 0.762. The van der Waals surface area contributed by atoms with Gasteiger partial charge in [0.1, 0.15) is 0 Å². The molecule has 0 bridgehead atoms. The predicted molar refractivity (Wildman–Crippen MR) is 65.1 cm³/mol. The summed E-state index contributed by atoms with van der Waals surface area (Å²) in [4.78, 5) is 3.38. The normalized spacial score (nSPS) is 11.1. The van der Waals surface area contributed by atoms with Crippen LogP contribution in [0.25, 0.3) is 10.9 Å². The van der Waals surface area contributed by atoms with Crippen molar-refractivity contribution in [3.63, 3.8) is 0 Å². The summed E-state index contributed by atoms with van der Waals surface area (Å²) in [6.07, 6.45) is 5.33. The van der Waals surface area contributed by atoms with Gasteiger partial charge in [-0.1, -0.05) is 25.1 Å². The molecule has 2 heteroatoms. The smallest absolute Gasteiger partial charge is 0.0489 e. The number of para-hydroxylation sites is 1. The van der Waals surface area contributed by atoms with Crippen molar-refractivity contribution in [2.75, 3.05) is 6.54 Å². The van der Waals surface area contributed by atoms with Crippen molar-refractivity contribution in [1.82, 2.24) is 4.98 Å². The van der Waals surface area contributed by atoms with Gasteiger partial charge in [0.2, 0.25) is 0 Å². The van der Waals surface area contributed by atoms with Gasteiger partial charge < -0.3 is 10.7 Å². The molecule has 0 unspecified atom stereocenters. The fourth-order valence-electron chi connectivity index (χ4n) is 2.07. The highest BCUT2D eigenvalue weighted by atomic mass is 14.7.